The van der Waals surface area contributed by atoms with Gasteiger partial charge in [-0.15, -0.1) is 11.6 Å². The van der Waals surface area contributed by atoms with Crippen LogP contribution in [0.15, 0.2) is 30.3 Å². The Balaban J connectivity index is 2.24. The van der Waals surface area contributed by atoms with Crippen LogP contribution >= 0.6 is 11.6 Å². The van der Waals surface area contributed by atoms with Crippen LogP contribution in [0, 0.1) is 17.8 Å². The molecule has 0 bridgehead atoms. The Hall–Kier alpha value is -0.530. The van der Waals surface area contributed by atoms with Crippen molar-refractivity contribution >= 4 is 11.6 Å². The molecule has 0 heterocycles. The summed E-state index contributed by atoms with van der Waals surface area (Å²) in [7, 11) is 0. The van der Waals surface area contributed by atoms with Gasteiger partial charge in [-0.25, -0.2) is 0 Å². The van der Waals surface area contributed by atoms with E-state index in [1.807, 2.05) is 30.3 Å². The SMILES string of the molecule is CC1CCC(C(O)(CCCl)c2ccccc2)CC1C. The van der Waals surface area contributed by atoms with Crippen LogP contribution in [0.5, 0.6) is 0 Å². The first-order chi connectivity index (χ1) is 9.08. The monoisotopic (exact) mass is 280 g/mol. The summed E-state index contributed by atoms with van der Waals surface area (Å²) >= 11 is 5.96. The van der Waals surface area contributed by atoms with Gasteiger partial charge in [0.05, 0.1) is 5.60 Å². The van der Waals surface area contributed by atoms with Gasteiger partial charge in [0, 0.05) is 5.88 Å². The predicted molar refractivity (Wildman–Crippen MR) is 81.3 cm³/mol. The third-order valence-corrected chi connectivity index (χ3v) is 5.21. The summed E-state index contributed by atoms with van der Waals surface area (Å²) in [6.07, 6.45) is 4.06. The lowest BCUT2D eigenvalue weighted by Gasteiger charge is -2.42. The number of hydrogen-bond acceptors (Lipinski definition) is 1. The van der Waals surface area contributed by atoms with Crippen LogP contribution in [-0.2, 0) is 5.60 Å². The van der Waals surface area contributed by atoms with Crippen LogP contribution in [-0.4, -0.2) is 11.0 Å². The molecule has 1 N–H and O–H groups in total. The first kappa shape index (κ1) is 14.9. The lowest BCUT2D eigenvalue weighted by Crippen LogP contribution is -2.39. The highest BCUT2D eigenvalue weighted by atomic mass is 35.5. The summed E-state index contributed by atoms with van der Waals surface area (Å²) in [5.74, 6) is 2.29. The summed E-state index contributed by atoms with van der Waals surface area (Å²) in [5, 5.41) is 11.2. The van der Waals surface area contributed by atoms with Gasteiger partial charge in [0.2, 0.25) is 0 Å². The molecule has 1 aromatic carbocycles. The maximum atomic E-state index is 11.2. The Kier molecular flexibility index (Phi) is 4.92. The highest BCUT2D eigenvalue weighted by molar-refractivity contribution is 6.17. The van der Waals surface area contributed by atoms with Gasteiger partial charge in [-0.2, -0.15) is 0 Å². The van der Waals surface area contributed by atoms with Crippen LogP contribution in [0.2, 0.25) is 0 Å². The van der Waals surface area contributed by atoms with Crippen molar-refractivity contribution < 1.29 is 5.11 Å². The van der Waals surface area contributed by atoms with Crippen molar-refractivity contribution in [1.82, 2.24) is 0 Å². The normalized spacial score (nSPS) is 30.8. The smallest absolute Gasteiger partial charge is 0.0936 e. The van der Waals surface area contributed by atoms with Gasteiger partial charge in [0.25, 0.3) is 0 Å². The fraction of sp³-hybridized carbons (Fsp3) is 0.647. The van der Waals surface area contributed by atoms with E-state index in [2.05, 4.69) is 13.8 Å². The molecule has 0 radical (unpaired) electrons. The molecule has 1 aliphatic rings. The topological polar surface area (TPSA) is 20.2 Å². The Morgan fingerprint density at radius 1 is 1.16 bits per heavy atom. The number of halogens is 1. The van der Waals surface area contributed by atoms with E-state index < -0.39 is 5.60 Å². The summed E-state index contributed by atoms with van der Waals surface area (Å²) < 4.78 is 0. The van der Waals surface area contributed by atoms with Crippen LogP contribution in [0.3, 0.4) is 0 Å². The zero-order valence-electron chi connectivity index (χ0n) is 12.0. The van der Waals surface area contributed by atoms with Crippen LogP contribution in [0.1, 0.15) is 45.1 Å². The van der Waals surface area contributed by atoms with E-state index in [9.17, 15) is 5.11 Å². The van der Waals surface area contributed by atoms with E-state index >= 15 is 0 Å². The molecule has 106 valence electrons. The maximum absolute atomic E-state index is 11.2. The van der Waals surface area contributed by atoms with Crippen LogP contribution in [0.25, 0.3) is 0 Å². The Bertz CT molecular complexity index is 392. The van der Waals surface area contributed by atoms with Crippen molar-refractivity contribution in [2.75, 3.05) is 5.88 Å². The van der Waals surface area contributed by atoms with E-state index in [4.69, 9.17) is 11.6 Å². The average molecular weight is 281 g/mol. The van der Waals surface area contributed by atoms with Crippen LogP contribution < -0.4 is 0 Å². The molecule has 1 nitrogen and oxygen atoms in total. The second kappa shape index (κ2) is 6.28. The number of aliphatic hydroxyl groups is 1. The Morgan fingerprint density at radius 3 is 2.42 bits per heavy atom. The van der Waals surface area contributed by atoms with Crippen molar-refractivity contribution in [2.24, 2.45) is 17.8 Å². The molecule has 0 aliphatic heterocycles. The highest BCUT2D eigenvalue weighted by Gasteiger charge is 2.40. The van der Waals surface area contributed by atoms with Crippen molar-refractivity contribution in [2.45, 2.75) is 45.1 Å². The summed E-state index contributed by atoms with van der Waals surface area (Å²) in [6.45, 7) is 4.63. The first-order valence-corrected chi connectivity index (χ1v) is 7.95. The standard InChI is InChI=1S/C17H25ClO/c1-13-8-9-16(12-14(13)2)17(19,10-11-18)15-6-4-3-5-7-15/h3-7,13-14,16,19H,8-12H2,1-2H3. The summed E-state index contributed by atoms with van der Waals surface area (Å²) in [4.78, 5) is 0. The zero-order chi connectivity index (χ0) is 13.9. The molecule has 4 unspecified atom stereocenters. The second-order valence-electron chi connectivity index (χ2n) is 6.19. The molecule has 2 heteroatoms. The van der Waals surface area contributed by atoms with E-state index in [1.54, 1.807) is 0 Å². The van der Waals surface area contributed by atoms with Gasteiger partial charge in [-0.3, -0.25) is 0 Å². The number of alkyl halides is 1. The molecule has 1 aliphatic carbocycles. The quantitative estimate of drug-likeness (QED) is 0.801. The van der Waals surface area contributed by atoms with Crippen LogP contribution in [0.4, 0.5) is 0 Å². The highest BCUT2D eigenvalue weighted by Crippen LogP contribution is 2.45. The molecular weight excluding hydrogens is 256 g/mol. The fourth-order valence-electron chi connectivity index (χ4n) is 3.44. The number of benzene rings is 1. The van der Waals surface area contributed by atoms with E-state index in [0.29, 0.717) is 24.1 Å². The molecule has 2 rings (SSSR count). The van der Waals surface area contributed by atoms with Crippen molar-refractivity contribution in [3.8, 4) is 0 Å². The Labute approximate surface area is 122 Å². The minimum atomic E-state index is -0.753. The largest absolute Gasteiger partial charge is 0.385 e. The van der Waals surface area contributed by atoms with Gasteiger partial charge >= 0.3 is 0 Å². The summed E-state index contributed by atoms with van der Waals surface area (Å²) in [6, 6.07) is 10.1. The minimum Gasteiger partial charge on any atom is -0.385 e. The minimum absolute atomic E-state index is 0.333. The second-order valence-corrected chi connectivity index (χ2v) is 6.57. The Morgan fingerprint density at radius 2 is 1.84 bits per heavy atom. The van der Waals surface area contributed by atoms with E-state index in [0.717, 1.165) is 24.3 Å². The van der Waals surface area contributed by atoms with Gasteiger partial charge in [0.1, 0.15) is 0 Å². The molecule has 0 aromatic heterocycles. The van der Waals surface area contributed by atoms with Crippen molar-refractivity contribution in [1.29, 1.82) is 0 Å². The van der Waals surface area contributed by atoms with E-state index in [1.165, 1.54) is 6.42 Å². The molecule has 1 fully saturated rings. The molecule has 1 saturated carbocycles. The molecular formula is C17H25ClO. The lowest BCUT2D eigenvalue weighted by atomic mass is 9.66. The molecule has 19 heavy (non-hydrogen) atoms. The zero-order valence-corrected chi connectivity index (χ0v) is 12.7. The maximum Gasteiger partial charge on any atom is 0.0936 e. The fourth-order valence-corrected chi connectivity index (χ4v) is 3.72. The molecule has 0 amide bonds. The predicted octanol–water partition coefficient (Wildman–Crippen LogP) is 4.58. The van der Waals surface area contributed by atoms with Crippen molar-refractivity contribution in [3.63, 3.8) is 0 Å². The van der Waals surface area contributed by atoms with Gasteiger partial charge in [-0.1, -0.05) is 50.6 Å². The average Bonchev–Trinajstić information content (AvgIpc) is 2.43. The van der Waals surface area contributed by atoms with E-state index in [-0.39, 0.29) is 0 Å². The molecule has 1 aromatic rings. The molecule has 0 spiro atoms. The third kappa shape index (κ3) is 3.14. The molecule has 4 atom stereocenters. The molecule has 0 saturated heterocycles. The van der Waals surface area contributed by atoms with Gasteiger partial charge in [0.15, 0.2) is 0 Å². The third-order valence-electron chi connectivity index (χ3n) is 5.02. The first-order valence-electron chi connectivity index (χ1n) is 7.41. The van der Waals surface area contributed by atoms with Gasteiger partial charge < -0.3 is 5.11 Å². The number of hydrogen-bond donors (Lipinski definition) is 1. The number of rotatable bonds is 4. The van der Waals surface area contributed by atoms with Crippen molar-refractivity contribution in [3.05, 3.63) is 35.9 Å². The summed E-state index contributed by atoms with van der Waals surface area (Å²) in [5.41, 5.74) is 0.277. The lowest BCUT2D eigenvalue weighted by molar-refractivity contribution is -0.0551. The van der Waals surface area contributed by atoms with Gasteiger partial charge in [-0.05, 0) is 42.6 Å².